The van der Waals surface area contributed by atoms with Crippen molar-refractivity contribution in [2.75, 3.05) is 0 Å². The van der Waals surface area contributed by atoms with E-state index in [-0.39, 0.29) is 23.3 Å². The van der Waals surface area contributed by atoms with Crippen molar-refractivity contribution in [1.82, 2.24) is 9.97 Å². The van der Waals surface area contributed by atoms with Crippen LogP contribution in [0.3, 0.4) is 0 Å². The molecule has 0 N–H and O–H groups in total. The number of ether oxygens (including phenoxy) is 2. The van der Waals surface area contributed by atoms with Gasteiger partial charge in [0.25, 0.3) is 0 Å². The Kier molecular flexibility index (Phi) is 4.04. The molecule has 0 unspecified atom stereocenters. The molecule has 0 atom stereocenters. The zero-order chi connectivity index (χ0) is 17.3. The minimum atomic E-state index is -4.76. The predicted molar refractivity (Wildman–Crippen MR) is 79.7 cm³/mol. The number of fused-ring (bicyclic) bond motifs is 1. The van der Waals surface area contributed by atoms with Gasteiger partial charge in [-0.3, -0.25) is 4.98 Å². The van der Waals surface area contributed by atoms with E-state index in [1.165, 1.54) is 24.4 Å². The Labute approximate surface area is 135 Å². The van der Waals surface area contributed by atoms with Crippen molar-refractivity contribution in [1.29, 1.82) is 0 Å². The van der Waals surface area contributed by atoms with Gasteiger partial charge in [-0.15, -0.1) is 13.2 Å². The van der Waals surface area contributed by atoms with E-state index in [1.54, 1.807) is 12.3 Å². The molecule has 0 radical (unpaired) electrons. The molecule has 24 heavy (non-hydrogen) atoms. The minimum Gasteiger partial charge on any atom is -0.489 e. The topological polar surface area (TPSA) is 57.4 Å². The van der Waals surface area contributed by atoms with Crippen molar-refractivity contribution in [2.45, 2.75) is 26.3 Å². The maximum Gasteiger partial charge on any atom is 0.573 e. The van der Waals surface area contributed by atoms with Crippen LogP contribution in [0.25, 0.3) is 22.6 Å². The highest BCUT2D eigenvalue weighted by Gasteiger charge is 2.31. The van der Waals surface area contributed by atoms with E-state index in [2.05, 4.69) is 14.7 Å². The van der Waals surface area contributed by atoms with Gasteiger partial charge in [-0.25, -0.2) is 4.98 Å². The van der Waals surface area contributed by atoms with Gasteiger partial charge in [-0.1, -0.05) is 0 Å². The molecule has 0 saturated heterocycles. The maximum atomic E-state index is 12.3. The molecule has 0 fully saturated rings. The molecule has 0 bridgehead atoms. The number of nitrogens with zero attached hydrogens (tertiary/aromatic N) is 2. The Morgan fingerprint density at radius 3 is 2.67 bits per heavy atom. The van der Waals surface area contributed by atoms with Crippen LogP contribution in [0, 0.1) is 0 Å². The molecule has 0 aliphatic rings. The van der Waals surface area contributed by atoms with Gasteiger partial charge in [0.15, 0.2) is 11.3 Å². The quantitative estimate of drug-likeness (QED) is 0.697. The number of benzene rings is 1. The normalized spacial score (nSPS) is 11.9. The number of oxazole rings is 1. The highest BCUT2D eigenvalue weighted by Crippen LogP contribution is 2.33. The minimum absolute atomic E-state index is 0.0795. The first-order chi connectivity index (χ1) is 11.3. The van der Waals surface area contributed by atoms with Crippen LogP contribution in [0.1, 0.15) is 13.8 Å². The second-order valence-corrected chi connectivity index (χ2v) is 5.23. The summed E-state index contributed by atoms with van der Waals surface area (Å²) in [5.74, 6) is 0.348. The van der Waals surface area contributed by atoms with Crippen molar-refractivity contribution in [3.8, 4) is 23.0 Å². The third-order valence-electron chi connectivity index (χ3n) is 2.97. The molecule has 2 aromatic heterocycles. The van der Waals surface area contributed by atoms with E-state index in [9.17, 15) is 13.2 Å². The second-order valence-electron chi connectivity index (χ2n) is 5.23. The highest BCUT2D eigenvalue weighted by molar-refractivity contribution is 5.78. The van der Waals surface area contributed by atoms with Crippen molar-refractivity contribution >= 4 is 11.1 Å². The van der Waals surface area contributed by atoms with Crippen LogP contribution in [0.5, 0.6) is 11.5 Å². The summed E-state index contributed by atoms with van der Waals surface area (Å²) < 4.78 is 52.0. The van der Waals surface area contributed by atoms with Gasteiger partial charge in [0.2, 0.25) is 5.89 Å². The fraction of sp³-hybridized carbons (Fsp3) is 0.250. The zero-order valence-electron chi connectivity index (χ0n) is 12.8. The molecule has 3 rings (SSSR count). The van der Waals surface area contributed by atoms with Gasteiger partial charge in [-0.2, -0.15) is 0 Å². The Morgan fingerprint density at radius 1 is 1.17 bits per heavy atom. The molecule has 0 aliphatic carbocycles. The molecule has 5 nitrogen and oxygen atoms in total. The van der Waals surface area contributed by atoms with E-state index in [0.717, 1.165) is 0 Å². The fourth-order valence-corrected chi connectivity index (χ4v) is 2.12. The van der Waals surface area contributed by atoms with Crippen LogP contribution in [-0.4, -0.2) is 22.4 Å². The van der Waals surface area contributed by atoms with Crippen LogP contribution in [-0.2, 0) is 0 Å². The SMILES string of the molecule is CC(C)Oc1cnccc1-c1nc2cc(OC(F)(F)F)ccc2o1. The molecule has 1 aromatic carbocycles. The highest BCUT2D eigenvalue weighted by atomic mass is 19.4. The summed E-state index contributed by atoms with van der Waals surface area (Å²) in [5.41, 5.74) is 1.15. The number of alkyl halides is 3. The van der Waals surface area contributed by atoms with Gasteiger partial charge < -0.3 is 13.9 Å². The van der Waals surface area contributed by atoms with Crippen molar-refractivity contribution in [3.05, 3.63) is 36.7 Å². The fourth-order valence-electron chi connectivity index (χ4n) is 2.12. The van der Waals surface area contributed by atoms with Crippen molar-refractivity contribution in [2.24, 2.45) is 0 Å². The van der Waals surface area contributed by atoms with Crippen molar-refractivity contribution in [3.63, 3.8) is 0 Å². The van der Waals surface area contributed by atoms with Gasteiger partial charge in [0.05, 0.1) is 17.9 Å². The number of halogens is 3. The standard InChI is InChI=1S/C16H13F3N2O3/c1-9(2)22-14-8-20-6-5-11(14)15-21-12-7-10(24-16(17,18)19)3-4-13(12)23-15/h3-9H,1-2H3. The molecule has 0 aliphatic heterocycles. The Hall–Kier alpha value is -2.77. The lowest BCUT2D eigenvalue weighted by Gasteiger charge is -2.11. The zero-order valence-corrected chi connectivity index (χ0v) is 12.8. The summed E-state index contributed by atoms with van der Waals surface area (Å²) in [4.78, 5) is 8.21. The lowest BCUT2D eigenvalue weighted by molar-refractivity contribution is -0.274. The number of aromatic nitrogens is 2. The lowest BCUT2D eigenvalue weighted by atomic mass is 10.2. The molecule has 0 amide bonds. The number of hydrogen-bond donors (Lipinski definition) is 0. The summed E-state index contributed by atoms with van der Waals surface area (Å²) >= 11 is 0. The van der Waals surface area contributed by atoms with E-state index < -0.39 is 6.36 Å². The van der Waals surface area contributed by atoms with E-state index >= 15 is 0 Å². The van der Waals surface area contributed by atoms with Gasteiger partial charge in [-0.05, 0) is 32.0 Å². The van der Waals surface area contributed by atoms with Crippen LogP contribution < -0.4 is 9.47 Å². The van der Waals surface area contributed by atoms with Gasteiger partial charge in [0.1, 0.15) is 11.3 Å². The molecular formula is C16H13F3N2O3. The monoisotopic (exact) mass is 338 g/mol. The average Bonchev–Trinajstić information content (AvgIpc) is 2.88. The summed E-state index contributed by atoms with van der Waals surface area (Å²) in [6.07, 6.45) is -1.76. The van der Waals surface area contributed by atoms with E-state index in [4.69, 9.17) is 9.15 Å². The smallest absolute Gasteiger partial charge is 0.489 e. The number of pyridine rings is 1. The van der Waals surface area contributed by atoms with Crippen molar-refractivity contribution < 1.29 is 27.1 Å². The van der Waals surface area contributed by atoms with Gasteiger partial charge in [0, 0.05) is 12.3 Å². The first-order valence-corrected chi connectivity index (χ1v) is 7.09. The summed E-state index contributed by atoms with van der Waals surface area (Å²) in [6, 6.07) is 5.37. The molecule has 3 aromatic rings. The molecule has 2 heterocycles. The second kappa shape index (κ2) is 6.03. The molecule has 126 valence electrons. The van der Waals surface area contributed by atoms with Gasteiger partial charge >= 0.3 is 6.36 Å². The molecule has 8 heteroatoms. The third kappa shape index (κ3) is 3.58. The maximum absolute atomic E-state index is 12.3. The van der Waals surface area contributed by atoms with Crippen LogP contribution in [0.2, 0.25) is 0 Å². The summed E-state index contributed by atoms with van der Waals surface area (Å²) in [6.45, 7) is 3.73. The molecular weight excluding hydrogens is 325 g/mol. The summed E-state index contributed by atoms with van der Waals surface area (Å²) in [5, 5.41) is 0. The third-order valence-corrected chi connectivity index (χ3v) is 2.97. The number of hydrogen-bond acceptors (Lipinski definition) is 5. The Balaban J connectivity index is 2.00. The molecule has 0 spiro atoms. The van der Waals surface area contributed by atoms with Crippen LogP contribution >= 0.6 is 0 Å². The number of rotatable bonds is 4. The Morgan fingerprint density at radius 2 is 1.96 bits per heavy atom. The van der Waals surface area contributed by atoms with E-state index in [1.807, 2.05) is 13.8 Å². The lowest BCUT2D eigenvalue weighted by Crippen LogP contribution is -2.16. The van der Waals surface area contributed by atoms with E-state index in [0.29, 0.717) is 16.9 Å². The average molecular weight is 338 g/mol. The predicted octanol–water partition coefficient (Wildman–Crippen LogP) is 4.58. The Bertz CT molecular complexity index is 859. The summed E-state index contributed by atoms with van der Waals surface area (Å²) in [7, 11) is 0. The largest absolute Gasteiger partial charge is 0.573 e. The first-order valence-electron chi connectivity index (χ1n) is 7.09. The van der Waals surface area contributed by atoms with Crippen LogP contribution in [0.4, 0.5) is 13.2 Å². The first kappa shape index (κ1) is 16.1. The molecule has 0 saturated carbocycles. The van der Waals surface area contributed by atoms with Crippen LogP contribution in [0.15, 0.2) is 41.1 Å².